The van der Waals surface area contributed by atoms with Gasteiger partial charge in [-0.3, -0.25) is 4.79 Å². The molecule has 0 aliphatic heterocycles. The average molecular weight is 221 g/mol. The Morgan fingerprint density at radius 3 is 2.53 bits per heavy atom. The molecule has 2 aromatic rings. The topological polar surface area (TPSA) is 45.8 Å². The lowest BCUT2D eigenvalue weighted by Crippen LogP contribution is -2.08. The molecule has 0 aliphatic rings. The van der Waals surface area contributed by atoms with E-state index >= 15 is 0 Å². The van der Waals surface area contributed by atoms with Crippen LogP contribution in [0.2, 0.25) is 5.02 Å². The molecule has 0 atom stereocenters. The Bertz CT molecular complexity index is 531. The van der Waals surface area contributed by atoms with Gasteiger partial charge in [-0.15, -0.1) is 0 Å². The minimum atomic E-state index is -0.190. The van der Waals surface area contributed by atoms with Gasteiger partial charge < -0.3 is 0 Å². The number of benzene rings is 1. The zero-order valence-corrected chi connectivity index (χ0v) is 8.88. The van der Waals surface area contributed by atoms with Gasteiger partial charge in [-0.05, 0) is 24.6 Å². The van der Waals surface area contributed by atoms with Gasteiger partial charge in [-0.25, -0.2) is 5.10 Å². The van der Waals surface area contributed by atoms with Gasteiger partial charge >= 0.3 is 0 Å². The van der Waals surface area contributed by atoms with Crippen molar-refractivity contribution in [3.05, 3.63) is 51.3 Å². The highest BCUT2D eigenvalue weighted by atomic mass is 35.5. The molecule has 0 amide bonds. The van der Waals surface area contributed by atoms with Crippen LogP contribution < -0.4 is 5.56 Å². The first kappa shape index (κ1) is 9.93. The van der Waals surface area contributed by atoms with Gasteiger partial charge in [-0.1, -0.05) is 23.7 Å². The molecule has 76 valence electrons. The van der Waals surface area contributed by atoms with Crippen molar-refractivity contribution in [2.45, 2.75) is 6.92 Å². The summed E-state index contributed by atoms with van der Waals surface area (Å²) >= 11 is 5.79. The lowest BCUT2D eigenvalue weighted by molar-refractivity contribution is 0.981. The van der Waals surface area contributed by atoms with Gasteiger partial charge in [0.2, 0.25) is 0 Å². The maximum atomic E-state index is 11.0. The molecular formula is C11H9ClN2O. The predicted octanol–water partition coefficient (Wildman–Crippen LogP) is 2.40. The van der Waals surface area contributed by atoms with E-state index in [1.807, 2.05) is 19.1 Å². The third-order valence-corrected chi connectivity index (χ3v) is 2.37. The van der Waals surface area contributed by atoms with Crippen molar-refractivity contribution < 1.29 is 0 Å². The zero-order chi connectivity index (χ0) is 10.8. The highest BCUT2D eigenvalue weighted by Gasteiger charge is 2.03. The molecule has 0 bridgehead atoms. The number of H-pyrrole nitrogens is 1. The summed E-state index contributed by atoms with van der Waals surface area (Å²) in [5, 5.41) is 7.09. The van der Waals surface area contributed by atoms with Gasteiger partial charge in [0.15, 0.2) is 0 Å². The number of rotatable bonds is 1. The molecule has 0 fully saturated rings. The number of hydrogen-bond acceptors (Lipinski definition) is 2. The standard InChI is InChI=1S/C11H9ClN2O/c1-7-6-10(15)13-14-11(7)8-2-4-9(12)5-3-8/h2-6H,1H3,(H,13,15). The van der Waals surface area contributed by atoms with Gasteiger partial charge in [0, 0.05) is 16.7 Å². The number of nitrogens with zero attached hydrogens (tertiary/aromatic N) is 1. The fourth-order valence-electron chi connectivity index (χ4n) is 1.40. The number of hydrogen-bond donors (Lipinski definition) is 1. The van der Waals surface area contributed by atoms with Crippen LogP contribution in [0.5, 0.6) is 0 Å². The second-order valence-electron chi connectivity index (χ2n) is 3.27. The Morgan fingerprint density at radius 2 is 1.93 bits per heavy atom. The molecule has 0 saturated heterocycles. The molecule has 0 saturated carbocycles. The number of halogens is 1. The van der Waals surface area contributed by atoms with E-state index < -0.39 is 0 Å². The van der Waals surface area contributed by atoms with Gasteiger partial charge in [-0.2, -0.15) is 5.10 Å². The molecule has 4 heteroatoms. The van der Waals surface area contributed by atoms with Crippen LogP contribution in [0.15, 0.2) is 35.1 Å². The summed E-state index contributed by atoms with van der Waals surface area (Å²) in [7, 11) is 0. The lowest BCUT2D eigenvalue weighted by Gasteiger charge is -2.03. The molecule has 1 aromatic heterocycles. The average Bonchev–Trinajstić information content (AvgIpc) is 2.20. The van der Waals surface area contributed by atoms with Crippen LogP contribution in [0.25, 0.3) is 11.3 Å². The van der Waals surface area contributed by atoms with Crippen molar-refractivity contribution in [3.8, 4) is 11.3 Å². The van der Waals surface area contributed by atoms with Crippen molar-refractivity contribution >= 4 is 11.6 Å². The maximum absolute atomic E-state index is 11.0. The van der Waals surface area contributed by atoms with Crippen LogP contribution in [0.3, 0.4) is 0 Å². The van der Waals surface area contributed by atoms with Crippen molar-refractivity contribution in [1.29, 1.82) is 0 Å². The van der Waals surface area contributed by atoms with Crippen LogP contribution in [0.4, 0.5) is 0 Å². The quantitative estimate of drug-likeness (QED) is 0.802. The summed E-state index contributed by atoms with van der Waals surface area (Å²) in [5.41, 5.74) is 2.37. The van der Waals surface area contributed by atoms with E-state index in [2.05, 4.69) is 10.2 Å². The summed E-state index contributed by atoms with van der Waals surface area (Å²) < 4.78 is 0. The number of aromatic amines is 1. The molecule has 15 heavy (non-hydrogen) atoms. The number of nitrogens with one attached hydrogen (secondary N) is 1. The van der Waals surface area contributed by atoms with E-state index in [1.165, 1.54) is 6.07 Å². The van der Waals surface area contributed by atoms with E-state index in [0.717, 1.165) is 16.8 Å². The fraction of sp³-hybridized carbons (Fsp3) is 0.0909. The molecule has 0 unspecified atom stereocenters. The van der Waals surface area contributed by atoms with E-state index in [1.54, 1.807) is 12.1 Å². The molecule has 1 aromatic carbocycles. The SMILES string of the molecule is Cc1cc(=O)[nH]nc1-c1ccc(Cl)cc1. The van der Waals surface area contributed by atoms with E-state index in [9.17, 15) is 4.79 Å². The van der Waals surface area contributed by atoms with Crippen LogP contribution in [-0.2, 0) is 0 Å². The first-order valence-electron chi connectivity index (χ1n) is 4.49. The Labute approximate surface area is 91.7 Å². The molecule has 1 N–H and O–H groups in total. The Morgan fingerprint density at radius 1 is 1.27 bits per heavy atom. The summed E-state index contributed by atoms with van der Waals surface area (Å²) in [4.78, 5) is 11.0. The highest BCUT2D eigenvalue weighted by molar-refractivity contribution is 6.30. The molecule has 2 rings (SSSR count). The van der Waals surface area contributed by atoms with Crippen LogP contribution in [-0.4, -0.2) is 10.2 Å². The minimum Gasteiger partial charge on any atom is -0.268 e. The van der Waals surface area contributed by atoms with Crippen LogP contribution in [0.1, 0.15) is 5.56 Å². The maximum Gasteiger partial charge on any atom is 0.264 e. The minimum absolute atomic E-state index is 0.190. The van der Waals surface area contributed by atoms with E-state index in [0.29, 0.717) is 5.02 Å². The van der Waals surface area contributed by atoms with Gasteiger partial charge in [0.1, 0.15) is 0 Å². The van der Waals surface area contributed by atoms with Crippen molar-refractivity contribution in [2.24, 2.45) is 0 Å². The number of aryl methyl sites for hydroxylation is 1. The zero-order valence-electron chi connectivity index (χ0n) is 8.12. The van der Waals surface area contributed by atoms with E-state index in [-0.39, 0.29) is 5.56 Å². The molecular weight excluding hydrogens is 212 g/mol. The third-order valence-electron chi connectivity index (χ3n) is 2.12. The molecule has 0 spiro atoms. The molecule has 0 radical (unpaired) electrons. The normalized spacial score (nSPS) is 10.3. The van der Waals surface area contributed by atoms with Crippen molar-refractivity contribution in [2.75, 3.05) is 0 Å². The van der Waals surface area contributed by atoms with Gasteiger partial charge in [0.25, 0.3) is 5.56 Å². The lowest BCUT2D eigenvalue weighted by atomic mass is 10.1. The second-order valence-corrected chi connectivity index (χ2v) is 3.71. The summed E-state index contributed by atoms with van der Waals surface area (Å²) in [6, 6.07) is 8.86. The summed E-state index contributed by atoms with van der Waals surface area (Å²) in [6.45, 7) is 1.85. The van der Waals surface area contributed by atoms with Gasteiger partial charge in [0.05, 0.1) is 5.69 Å². The highest BCUT2D eigenvalue weighted by Crippen LogP contribution is 2.20. The number of aromatic nitrogens is 2. The Hall–Kier alpha value is -1.61. The smallest absolute Gasteiger partial charge is 0.264 e. The third kappa shape index (κ3) is 2.07. The van der Waals surface area contributed by atoms with Crippen LogP contribution in [0, 0.1) is 6.92 Å². The fourth-order valence-corrected chi connectivity index (χ4v) is 1.52. The largest absolute Gasteiger partial charge is 0.268 e. The predicted molar refractivity (Wildman–Crippen MR) is 60.0 cm³/mol. The first-order valence-corrected chi connectivity index (χ1v) is 4.87. The summed E-state index contributed by atoms with van der Waals surface area (Å²) in [6.07, 6.45) is 0. The molecule has 0 aliphatic carbocycles. The molecule has 1 heterocycles. The summed E-state index contributed by atoms with van der Waals surface area (Å²) in [5.74, 6) is 0. The van der Waals surface area contributed by atoms with E-state index in [4.69, 9.17) is 11.6 Å². The van der Waals surface area contributed by atoms with Crippen molar-refractivity contribution in [1.82, 2.24) is 10.2 Å². The monoisotopic (exact) mass is 220 g/mol. The van der Waals surface area contributed by atoms with Crippen LogP contribution >= 0.6 is 11.6 Å². The second kappa shape index (κ2) is 3.87. The Balaban J connectivity index is 2.54. The molecule has 3 nitrogen and oxygen atoms in total. The Kier molecular flexibility index (Phi) is 2.56. The van der Waals surface area contributed by atoms with Crippen molar-refractivity contribution in [3.63, 3.8) is 0 Å². The first-order chi connectivity index (χ1) is 7.16.